The second kappa shape index (κ2) is 6.73. The molecule has 0 spiro atoms. The number of carbonyl (C=O) groups excluding carboxylic acids is 1. The summed E-state index contributed by atoms with van der Waals surface area (Å²) in [6.07, 6.45) is 1.25. The Bertz CT molecular complexity index is 220. The molecule has 0 saturated heterocycles. The van der Waals surface area contributed by atoms with Gasteiger partial charge in [-0.15, -0.1) is 0 Å². The highest BCUT2D eigenvalue weighted by Gasteiger charge is 2.36. The van der Waals surface area contributed by atoms with Crippen LogP contribution >= 0.6 is 0 Å². The first-order valence-electron chi connectivity index (χ1n) is 4.64. The van der Waals surface area contributed by atoms with Crippen molar-refractivity contribution in [1.29, 1.82) is 0 Å². The number of nitrogens with two attached hydrogens (primary N) is 1. The summed E-state index contributed by atoms with van der Waals surface area (Å²) >= 11 is 0. The van der Waals surface area contributed by atoms with Crippen molar-refractivity contribution >= 4 is 14.7 Å². The average Bonchev–Trinajstić information content (AvgIpc) is 2.24. The van der Waals surface area contributed by atoms with Gasteiger partial charge in [-0.25, -0.2) is 0 Å². The molecule has 0 heterocycles. The fraction of sp³-hybridized carbons (Fsp3) is 0.667. The van der Waals surface area contributed by atoms with Gasteiger partial charge in [-0.2, -0.15) is 0 Å². The molecule has 0 atom stereocenters. The zero-order valence-corrected chi connectivity index (χ0v) is 10.5. The minimum absolute atomic E-state index is 0.418. The van der Waals surface area contributed by atoms with Crippen LogP contribution in [0.5, 0.6) is 0 Å². The van der Waals surface area contributed by atoms with Gasteiger partial charge in [0.05, 0.1) is 0 Å². The molecule has 0 aromatic heterocycles. The third-order valence-corrected chi connectivity index (χ3v) is 5.07. The Morgan fingerprint density at radius 3 is 2.07 bits per heavy atom. The van der Waals surface area contributed by atoms with Crippen molar-refractivity contribution in [3.8, 4) is 0 Å². The molecule has 0 aromatic carbocycles. The highest BCUT2D eigenvalue weighted by molar-refractivity contribution is 6.60. The largest absolute Gasteiger partial charge is 0.500 e. The molecular formula is C9H19NO4Si. The Kier molecular flexibility index (Phi) is 6.42. The van der Waals surface area contributed by atoms with Crippen molar-refractivity contribution < 1.29 is 18.1 Å². The van der Waals surface area contributed by atoms with Gasteiger partial charge in [0, 0.05) is 32.9 Å². The van der Waals surface area contributed by atoms with Gasteiger partial charge in [-0.1, -0.05) is 6.58 Å². The second-order valence-corrected chi connectivity index (χ2v) is 6.21. The van der Waals surface area contributed by atoms with Crippen LogP contribution in [0.3, 0.4) is 0 Å². The lowest BCUT2D eigenvalue weighted by Gasteiger charge is -2.24. The Morgan fingerprint density at radius 2 is 1.73 bits per heavy atom. The van der Waals surface area contributed by atoms with Gasteiger partial charge >= 0.3 is 8.80 Å². The highest BCUT2D eigenvalue weighted by Crippen LogP contribution is 2.17. The number of amides is 1. The summed E-state index contributed by atoms with van der Waals surface area (Å²) in [6.45, 7) is 3.57. The lowest BCUT2D eigenvalue weighted by molar-refractivity contribution is -0.114. The van der Waals surface area contributed by atoms with Gasteiger partial charge in [-0.05, 0) is 12.8 Å². The van der Waals surface area contributed by atoms with Crippen molar-refractivity contribution in [2.75, 3.05) is 21.3 Å². The maximum absolute atomic E-state index is 10.7. The Labute approximate surface area is 91.6 Å². The molecule has 0 aromatic rings. The summed E-state index contributed by atoms with van der Waals surface area (Å²) in [4.78, 5) is 10.7. The predicted octanol–water partition coefficient (Wildman–Crippen LogP) is 0.686. The minimum atomic E-state index is -2.51. The molecule has 0 unspecified atom stereocenters. The van der Waals surface area contributed by atoms with Crippen LogP contribution in [0.2, 0.25) is 6.04 Å². The second-order valence-electron chi connectivity index (χ2n) is 3.12. The number of hydrogen-bond donors (Lipinski definition) is 1. The van der Waals surface area contributed by atoms with E-state index >= 15 is 0 Å². The van der Waals surface area contributed by atoms with E-state index in [0.717, 1.165) is 0 Å². The number of primary amides is 1. The topological polar surface area (TPSA) is 70.8 Å². The third kappa shape index (κ3) is 4.56. The first-order chi connectivity index (χ1) is 7.01. The number of rotatable bonds is 8. The maximum atomic E-state index is 10.7. The van der Waals surface area contributed by atoms with Crippen LogP contribution < -0.4 is 5.73 Å². The smallest absolute Gasteiger partial charge is 0.377 e. The lowest BCUT2D eigenvalue weighted by atomic mass is 10.2. The standard InChI is InChI=1S/C9H19NO4Si/c1-8(9(10)11)6-5-7-15(12-2,13-3)14-4/h1,5-7H2,2-4H3,(H2,10,11). The fourth-order valence-corrected chi connectivity index (χ4v) is 2.92. The molecule has 2 N–H and O–H groups in total. The molecule has 0 aliphatic rings. The van der Waals surface area contributed by atoms with Crippen molar-refractivity contribution in [3.63, 3.8) is 0 Å². The molecule has 0 fully saturated rings. The molecule has 0 bridgehead atoms. The van der Waals surface area contributed by atoms with E-state index in [9.17, 15) is 4.79 Å². The highest BCUT2D eigenvalue weighted by atomic mass is 28.4. The Hall–Kier alpha value is -0.693. The van der Waals surface area contributed by atoms with Crippen LogP contribution in [-0.2, 0) is 18.1 Å². The van der Waals surface area contributed by atoms with Gasteiger partial charge in [-0.3, -0.25) is 4.79 Å². The molecule has 0 radical (unpaired) electrons. The molecular weight excluding hydrogens is 214 g/mol. The van der Waals surface area contributed by atoms with E-state index < -0.39 is 14.7 Å². The van der Waals surface area contributed by atoms with Crippen molar-refractivity contribution in [3.05, 3.63) is 12.2 Å². The minimum Gasteiger partial charge on any atom is -0.377 e. The first-order valence-corrected chi connectivity index (χ1v) is 6.57. The van der Waals surface area contributed by atoms with E-state index in [1.165, 1.54) is 0 Å². The number of hydrogen-bond acceptors (Lipinski definition) is 4. The van der Waals surface area contributed by atoms with E-state index in [-0.39, 0.29) is 0 Å². The van der Waals surface area contributed by atoms with Crippen LogP contribution in [0.25, 0.3) is 0 Å². The molecule has 0 saturated carbocycles. The maximum Gasteiger partial charge on any atom is 0.500 e. The average molecular weight is 233 g/mol. The zero-order chi connectivity index (χ0) is 11.9. The summed E-state index contributed by atoms with van der Waals surface area (Å²) in [5, 5.41) is 0. The quantitative estimate of drug-likeness (QED) is 0.494. The van der Waals surface area contributed by atoms with Crippen LogP contribution in [0.4, 0.5) is 0 Å². The van der Waals surface area contributed by atoms with Crippen LogP contribution in [0.15, 0.2) is 12.2 Å². The Morgan fingerprint density at radius 1 is 1.27 bits per heavy atom. The summed E-state index contributed by atoms with van der Waals surface area (Å²) in [7, 11) is 2.16. The van der Waals surface area contributed by atoms with Gasteiger partial charge < -0.3 is 19.0 Å². The van der Waals surface area contributed by atoms with Crippen molar-refractivity contribution in [1.82, 2.24) is 0 Å². The molecule has 0 aliphatic carbocycles. The van der Waals surface area contributed by atoms with E-state index in [0.29, 0.717) is 24.5 Å². The molecule has 0 rings (SSSR count). The van der Waals surface area contributed by atoms with Crippen molar-refractivity contribution in [2.45, 2.75) is 18.9 Å². The van der Waals surface area contributed by atoms with Crippen LogP contribution in [0, 0.1) is 0 Å². The van der Waals surface area contributed by atoms with Crippen molar-refractivity contribution in [2.24, 2.45) is 5.73 Å². The molecule has 6 heteroatoms. The van der Waals surface area contributed by atoms with Gasteiger partial charge in [0.2, 0.25) is 5.91 Å². The normalized spacial score (nSPS) is 11.4. The van der Waals surface area contributed by atoms with E-state index in [1.807, 2.05) is 0 Å². The lowest BCUT2D eigenvalue weighted by Crippen LogP contribution is -2.42. The number of carbonyl (C=O) groups is 1. The first kappa shape index (κ1) is 14.3. The van der Waals surface area contributed by atoms with E-state index in [4.69, 9.17) is 19.0 Å². The Balaban J connectivity index is 4.02. The van der Waals surface area contributed by atoms with E-state index in [1.54, 1.807) is 21.3 Å². The molecule has 88 valence electrons. The SMILES string of the molecule is C=C(CCC[Si](OC)(OC)OC)C(N)=O. The summed E-state index contributed by atoms with van der Waals surface area (Å²) < 4.78 is 15.7. The predicted molar refractivity (Wildman–Crippen MR) is 59.2 cm³/mol. The van der Waals surface area contributed by atoms with Gasteiger partial charge in [0.15, 0.2) is 0 Å². The van der Waals surface area contributed by atoms with Crippen LogP contribution in [0.1, 0.15) is 12.8 Å². The summed E-state index contributed by atoms with van der Waals surface area (Å²) in [5.74, 6) is -0.463. The molecule has 0 aliphatic heterocycles. The van der Waals surface area contributed by atoms with Crippen LogP contribution in [-0.4, -0.2) is 36.0 Å². The zero-order valence-electron chi connectivity index (χ0n) is 9.54. The molecule has 5 nitrogen and oxygen atoms in total. The summed E-state index contributed by atoms with van der Waals surface area (Å²) in [6, 6.07) is 0.642. The fourth-order valence-electron chi connectivity index (χ4n) is 1.20. The monoisotopic (exact) mass is 233 g/mol. The summed E-state index contributed by atoms with van der Waals surface area (Å²) in [5.41, 5.74) is 5.48. The molecule has 15 heavy (non-hydrogen) atoms. The van der Waals surface area contributed by atoms with E-state index in [2.05, 4.69) is 6.58 Å². The molecule has 1 amide bonds. The third-order valence-electron chi connectivity index (χ3n) is 2.24. The van der Waals surface area contributed by atoms with Gasteiger partial charge in [0.1, 0.15) is 0 Å². The van der Waals surface area contributed by atoms with Gasteiger partial charge in [0.25, 0.3) is 0 Å².